The normalized spacial score (nSPS) is 18.6. The lowest BCUT2D eigenvalue weighted by molar-refractivity contribution is 0.0988. The van der Waals surface area contributed by atoms with Crippen molar-refractivity contribution in [2.75, 3.05) is 31.9 Å². The van der Waals surface area contributed by atoms with Crippen LogP contribution < -0.4 is 11.4 Å². The minimum Gasteiger partial charge on any atom is -0.424 e. The quantitative estimate of drug-likeness (QED) is 0.376. The largest absolute Gasteiger partial charge is 0.424 e. The van der Waals surface area contributed by atoms with Gasteiger partial charge in [-0.1, -0.05) is 31.2 Å². The number of nitrogens with two attached hydrogens (primary N) is 1. The Bertz CT molecular complexity index is 1630. The summed E-state index contributed by atoms with van der Waals surface area (Å²) in [5.74, 6) is 1.02. The van der Waals surface area contributed by atoms with Crippen molar-refractivity contribution in [1.82, 2.24) is 29.5 Å². The fourth-order valence-corrected chi connectivity index (χ4v) is 6.55. The Balaban J connectivity index is 1.40. The van der Waals surface area contributed by atoms with Crippen LogP contribution >= 0.6 is 0 Å². The fourth-order valence-electron chi connectivity index (χ4n) is 6.55. The molecule has 9 nitrogen and oxygen atoms in total. The maximum atomic E-state index is 13.2. The average Bonchev–Trinajstić information content (AvgIpc) is 3.37. The van der Waals surface area contributed by atoms with Crippen LogP contribution in [0.5, 0.6) is 0 Å². The zero-order chi connectivity index (χ0) is 28.0. The Kier molecular flexibility index (Phi) is 7.18. The number of nitrogen functional groups attached to an aromatic ring is 1. The first-order valence-electron chi connectivity index (χ1n) is 14.6. The first-order chi connectivity index (χ1) is 19.4. The molecule has 5 heterocycles. The first-order valence-corrected chi connectivity index (χ1v) is 14.6. The van der Waals surface area contributed by atoms with Crippen LogP contribution in [0.4, 0.5) is 5.82 Å². The van der Waals surface area contributed by atoms with Crippen molar-refractivity contribution in [3.8, 4) is 0 Å². The molecular weight excluding hydrogens is 502 g/mol. The summed E-state index contributed by atoms with van der Waals surface area (Å²) < 4.78 is 7.97. The molecule has 0 radical (unpaired) electrons. The highest BCUT2D eigenvalue weighted by atomic mass is 16.4. The molecule has 1 fully saturated rings. The topological polar surface area (TPSA) is 106 Å². The third kappa shape index (κ3) is 4.61. The van der Waals surface area contributed by atoms with Crippen LogP contribution in [0.25, 0.3) is 27.4 Å². The summed E-state index contributed by atoms with van der Waals surface area (Å²) in [5, 5.41) is 7.16. The number of fused-ring (bicyclic) bond motifs is 2. The van der Waals surface area contributed by atoms with Gasteiger partial charge in [-0.3, -0.25) is 4.90 Å². The number of likely N-dealkylation sites (tertiary alicyclic amines) is 1. The lowest BCUT2D eigenvalue weighted by Crippen LogP contribution is -2.47. The van der Waals surface area contributed by atoms with E-state index < -0.39 is 0 Å². The molecule has 210 valence electrons. The molecule has 6 rings (SSSR count). The van der Waals surface area contributed by atoms with Gasteiger partial charge in [0.15, 0.2) is 5.65 Å². The summed E-state index contributed by atoms with van der Waals surface area (Å²) in [6, 6.07) is 8.62. The second-order valence-electron chi connectivity index (χ2n) is 11.4. The van der Waals surface area contributed by atoms with Crippen molar-refractivity contribution in [2.24, 2.45) is 0 Å². The SMILES string of the molecule is CCc1nn(C(C)c2oc(=O)c3ccccc3c2C2=CCN(C3CCN(C(C)C)CC3)CC2)c2ncnc(N)c12. The van der Waals surface area contributed by atoms with Gasteiger partial charge in [0, 0.05) is 30.7 Å². The van der Waals surface area contributed by atoms with E-state index in [-0.39, 0.29) is 11.7 Å². The van der Waals surface area contributed by atoms with Gasteiger partial charge in [-0.2, -0.15) is 5.10 Å². The Labute approximate surface area is 234 Å². The molecule has 1 saturated heterocycles. The molecule has 2 aliphatic rings. The van der Waals surface area contributed by atoms with Crippen molar-refractivity contribution in [3.63, 3.8) is 0 Å². The standard InChI is InChI=1S/C31H39N7O2/c1-5-25-27-29(32)33-18-34-30(27)38(35-25)20(4)28-26(23-8-6-7-9-24(23)31(39)40-28)21-10-14-37(15-11-21)22-12-16-36(17-13-22)19(2)3/h6-10,18-20,22H,5,11-17H2,1-4H3,(H2,32,33,34). The molecule has 0 bridgehead atoms. The van der Waals surface area contributed by atoms with Gasteiger partial charge in [0.25, 0.3) is 0 Å². The maximum Gasteiger partial charge on any atom is 0.343 e. The molecular formula is C31H39N7O2. The third-order valence-electron chi connectivity index (χ3n) is 8.84. The number of anilines is 1. The molecule has 1 atom stereocenters. The lowest BCUT2D eigenvalue weighted by atomic mass is 9.91. The van der Waals surface area contributed by atoms with E-state index in [1.54, 1.807) is 0 Å². The number of nitrogens with zero attached hydrogens (tertiary/aromatic N) is 6. The van der Waals surface area contributed by atoms with Gasteiger partial charge in [-0.15, -0.1) is 0 Å². The Morgan fingerprint density at radius 2 is 1.82 bits per heavy atom. The second kappa shape index (κ2) is 10.8. The molecule has 3 aromatic heterocycles. The number of rotatable bonds is 6. The van der Waals surface area contributed by atoms with Crippen molar-refractivity contribution in [3.05, 3.63) is 64.1 Å². The highest BCUT2D eigenvalue weighted by molar-refractivity contribution is 5.94. The molecule has 40 heavy (non-hydrogen) atoms. The number of aryl methyl sites for hydroxylation is 1. The van der Waals surface area contributed by atoms with Gasteiger partial charge in [0.2, 0.25) is 0 Å². The van der Waals surface area contributed by atoms with Gasteiger partial charge in [-0.05, 0) is 76.6 Å². The zero-order valence-corrected chi connectivity index (χ0v) is 23.9. The van der Waals surface area contributed by atoms with Crippen LogP contribution in [0, 0.1) is 0 Å². The summed E-state index contributed by atoms with van der Waals surface area (Å²) in [4.78, 5) is 27.1. The fraction of sp³-hybridized carbons (Fsp3) is 0.484. The van der Waals surface area contributed by atoms with E-state index >= 15 is 0 Å². The average molecular weight is 542 g/mol. The third-order valence-corrected chi connectivity index (χ3v) is 8.84. The molecule has 1 unspecified atom stereocenters. The maximum absolute atomic E-state index is 13.2. The van der Waals surface area contributed by atoms with Gasteiger partial charge >= 0.3 is 5.63 Å². The highest BCUT2D eigenvalue weighted by Gasteiger charge is 2.30. The summed E-state index contributed by atoms with van der Waals surface area (Å²) in [7, 11) is 0. The van der Waals surface area contributed by atoms with Crippen LogP contribution in [0.1, 0.15) is 70.0 Å². The van der Waals surface area contributed by atoms with Crippen molar-refractivity contribution in [1.29, 1.82) is 0 Å². The minimum atomic E-state index is -0.372. The van der Waals surface area contributed by atoms with E-state index in [4.69, 9.17) is 15.2 Å². The van der Waals surface area contributed by atoms with Crippen LogP contribution in [-0.2, 0) is 6.42 Å². The number of piperidine rings is 1. The zero-order valence-electron chi connectivity index (χ0n) is 23.9. The summed E-state index contributed by atoms with van der Waals surface area (Å²) in [6.07, 6.45) is 7.82. The summed E-state index contributed by atoms with van der Waals surface area (Å²) in [6.45, 7) is 12.8. The second-order valence-corrected chi connectivity index (χ2v) is 11.4. The number of aromatic nitrogens is 4. The van der Waals surface area contributed by atoms with Crippen LogP contribution in [0.15, 0.2) is 45.9 Å². The highest BCUT2D eigenvalue weighted by Crippen LogP contribution is 2.37. The van der Waals surface area contributed by atoms with E-state index in [0.717, 1.165) is 54.6 Å². The lowest BCUT2D eigenvalue weighted by Gasteiger charge is -2.41. The minimum absolute atomic E-state index is 0.336. The van der Waals surface area contributed by atoms with E-state index in [2.05, 4.69) is 39.7 Å². The van der Waals surface area contributed by atoms with Crippen molar-refractivity contribution < 1.29 is 4.42 Å². The monoisotopic (exact) mass is 541 g/mol. The molecule has 4 aromatic rings. The molecule has 0 saturated carbocycles. The first kappa shape index (κ1) is 26.7. The van der Waals surface area contributed by atoms with Crippen molar-refractivity contribution >= 4 is 33.2 Å². The van der Waals surface area contributed by atoms with Crippen LogP contribution in [0.2, 0.25) is 0 Å². The van der Waals surface area contributed by atoms with Gasteiger partial charge in [-0.25, -0.2) is 19.4 Å². The Morgan fingerprint density at radius 1 is 1.07 bits per heavy atom. The van der Waals surface area contributed by atoms with E-state index in [9.17, 15) is 4.79 Å². The van der Waals surface area contributed by atoms with E-state index in [1.165, 1.54) is 24.7 Å². The molecule has 0 amide bonds. The van der Waals surface area contributed by atoms with Gasteiger partial charge in [0.05, 0.1) is 16.5 Å². The molecule has 2 N–H and O–H groups in total. The van der Waals surface area contributed by atoms with Crippen LogP contribution in [-0.4, -0.2) is 67.8 Å². The van der Waals surface area contributed by atoms with Gasteiger partial charge in [0.1, 0.15) is 23.9 Å². The molecule has 0 aliphatic carbocycles. The summed E-state index contributed by atoms with van der Waals surface area (Å²) in [5.41, 5.74) is 9.60. The predicted molar refractivity (Wildman–Crippen MR) is 159 cm³/mol. The smallest absolute Gasteiger partial charge is 0.343 e. The molecule has 9 heteroatoms. The van der Waals surface area contributed by atoms with E-state index in [1.807, 2.05) is 42.8 Å². The summed E-state index contributed by atoms with van der Waals surface area (Å²) >= 11 is 0. The Morgan fingerprint density at radius 3 is 2.50 bits per heavy atom. The Hall–Kier alpha value is -3.56. The number of hydrogen-bond acceptors (Lipinski definition) is 8. The van der Waals surface area contributed by atoms with Crippen LogP contribution in [0.3, 0.4) is 0 Å². The predicted octanol–water partition coefficient (Wildman–Crippen LogP) is 4.65. The van der Waals surface area contributed by atoms with Gasteiger partial charge < -0.3 is 15.1 Å². The number of hydrogen-bond donors (Lipinski definition) is 1. The van der Waals surface area contributed by atoms with E-state index in [0.29, 0.717) is 41.1 Å². The molecule has 0 spiro atoms. The molecule has 2 aliphatic heterocycles. The van der Waals surface area contributed by atoms with Crippen molar-refractivity contribution in [2.45, 2.75) is 71.5 Å². The molecule has 1 aromatic carbocycles. The number of benzene rings is 1.